The minimum Gasteiger partial charge on any atom is -0.468 e. The number of thioether (sulfide) groups is 1. The Morgan fingerprint density at radius 3 is 2.69 bits per heavy atom. The summed E-state index contributed by atoms with van der Waals surface area (Å²) >= 11 is 1.88. The van der Waals surface area contributed by atoms with E-state index in [9.17, 15) is 4.79 Å². The normalized spacial score (nSPS) is 36.2. The van der Waals surface area contributed by atoms with Gasteiger partial charge >= 0.3 is 5.97 Å². The standard InChI is InChI=1S/C11H20N2O2S/c1-9-7-11(8-16-9,10(14)15-2)13-5-3-12-4-6-13/h9,12H,3-8H2,1-2H3. The summed E-state index contributed by atoms with van der Waals surface area (Å²) in [6, 6.07) is 0. The second-order valence-corrected chi connectivity index (χ2v) is 6.01. The highest BCUT2D eigenvalue weighted by Gasteiger charge is 2.50. The van der Waals surface area contributed by atoms with Crippen molar-refractivity contribution in [3.8, 4) is 0 Å². The number of methoxy groups -OCH3 is 1. The molecule has 4 nitrogen and oxygen atoms in total. The Bertz CT molecular complexity index is 269. The maximum Gasteiger partial charge on any atom is 0.327 e. The van der Waals surface area contributed by atoms with E-state index in [0.717, 1.165) is 38.4 Å². The topological polar surface area (TPSA) is 41.6 Å². The van der Waals surface area contributed by atoms with Crippen LogP contribution in [0.5, 0.6) is 0 Å². The van der Waals surface area contributed by atoms with Crippen molar-refractivity contribution in [2.75, 3.05) is 39.0 Å². The molecule has 0 spiro atoms. The Labute approximate surface area is 101 Å². The third-order valence-electron chi connectivity index (χ3n) is 3.52. The third kappa shape index (κ3) is 2.08. The van der Waals surface area contributed by atoms with Gasteiger partial charge in [-0.2, -0.15) is 11.8 Å². The number of carbonyl (C=O) groups is 1. The summed E-state index contributed by atoms with van der Waals surface area (Å²) in [7, 11) is 1.50. The van der Waals surface area contributed by atoms with Crippen molar-refractivity contribution in [3.05, 3.63) is 0 Å². The molecule has 5 heteroatoms. The van der Waals surface area contributed by atoms with E-state index in [0.29, 0.717) is 5.25 Å². The van der Waals surface area contributed by atoms with Gasteiger partial charge in [-0.1, -0.05) is 6.92 Å². The number of hydrogen-bond acceptors (Lipinski definition) is 5. The zero-order chi connectivity index (χ0) is 11.6. The number of hydrogen-bond donors (Lipinski definition) is 1. The van der Waals surface area contributed by atoms with Crippen molar-refractivity contribution < 1.29 is 9.53 Å². The van der Waals surface area contributed by atoms with Gasteiger partial charge in [0.1, 0.15) is 5.54 Å². The molecule has 0 amide bonds. The molecule has 1 N–H and O–H groups in total. The Morgan fingerprint density at radius 2 is 2.19 bits per heavy atom. The Morgan fingerprint density at radius 1 is 1.50 bits per heavy atom. The first-order valence-electron chi connectivity index (χ1n) is 5.85. The summed E-state index contributed by atoms with van der Waals surface area (Å²) in [5.41, 5.74) is -0.360. The first kappa shape index (κ1) is 12.2. The van der Waals surface area contributed by atoms with Crippen molar-refractivity contribution in [1.29, 1.82) is 0 Å². The maximum atomic E-state index is 12.1. The molecule has 0 aromatic carbocycles. The molecule has 16 heavy (non-hydrogen) atoms. The van der Waals surface area contributed by atoms with Crippen LogP contribution in [0.2, 0.25) is 0 Å². The van der Waals surface area contributed by atoms with Gasteiger partial charge in [0.25, 0.3) is 0 Å². The molecule has 0 bridgehead atoms. The van der Waals surface area contributed by atoms with Crippen molar-refractivity contribution >= 4 is 17.7 Å². The van der Waals surface area contributed by atoms with E-state index in [1.54, 1.807) is 0 Å². The molecule has 0 saturated carbocycles. The monoisotopic (exact) mass is 244 g/mol. The molecular formula is C11H20N2O2S. The van der Waals surface area contributed by atoms with Crippen LogP contribution in [0.15, 0.2) is 0 Å². The Balaban J connectivity index is 2.16. The molecule has 2 atom stereocenters. The fourth-order valence-electron chi connectivity index (χ4n) is 2.65. The molecular weight excluding hydrogens is 224 g/mol. The lowest BCUT2D eigenvalue weighted by molar-refractivity contribution is -0.154. The van der Waals surface area contributed by atoms with Crippen LogP contribution in [0, 0.1) is 0 Å². The second kappa shape index (κ2) is 4.94. The number of nitrogens with one attached hydrogen (secondary N) is 1. The van der Waals surface area contributed by atoms with E-state index >= 15 is 0 Å². The number of ether oxygens (including phenoxy) is 1. The second-order valence-electron chi connectivity index (χ2n) is 4.59. The minimum absolute atomic E-state index is 0.0498. The smallest absolute Gasteiger partial charge is 0.327 e. The van der Waals surface area contributed by atoms with Crippen LogP contribution in [0.3, 0.4) is 0 Å². The molecule has 2 heterocycles. The third-order valence-corrected chi connectivity index (χ3v) is 4.90. The highest BCUT2D eigenvalue weighted by Crippen LogP contribution is 2.39. The van der Waals surface area contributed by atoms with Crippen molar-refractivity contribution in [2.24, 2.45) is 0 Å². The number of rotatable bonds is 2. The van der Waals surface area contributed by atoms with Gasteiger partial charge in [0.15, 0.2) is 0 Å². The quantitative estimate of drug-likeness (QED) is 0.709. The minimum atomic E-state index is -0.360. The molecule has 92 valence electrons. The summed E-state index contributed by atoms with van der Waals surface area (Å²) in [5, 5.41) is 3.87. The molecule has 2 saturated heterocycles. The van der Waals surface area contributed by atoms with Crippen LogP contribution < -0.4 is 5.32 Å². The van der Waals surface area contributed by atoms with Crippen molar-refractivity contribution in [1.82, 2.24) is 10.2 Å². The zero-order valence-electron chi connectivity index (χ0n) is 9.99. The molecule has 2 aliphatic heterocycles. The molecule has 2 rings (SSSR count). The van der Waals surface area contributed by atoms with Crippen LogP contribution in [-0.2, 0) is 9.53 Å². The fraction of sp³-hybridized carbons (Fsp3) is 0.909. The lowest BCUT2D eigenvalue weighted by atomic mass is 9.93. The van der Waals surface area contributed by atoms with Gasteiger partial charge in [-0.05, 0) is 6.42 Å². The molecule has 2 fully saturated rings. The van der Waals surface area contributed by atoms with Gasteiger partial charge in [0.2, 0.25) is 0 Å². The first-order valence-corrected chi connectivity index (χ1v) is 6.90. The first-order chi connectivity index (χ1) is 7.69. The van der Waals surface area contributed by atoms with E-state index in [1.807, 2.05) is 11.8 Å². The maximum absolute atomic E-state index is 12.1. The molecule has 2 unspecified atom stereocenters. The summed E-state index contributed by atoms with van der Waals surface area (Å²) in [6.07, 6.45) is 0.921. The van der Waals surface area contributed by atoms with Crippen molar-refractivity contribution in [3.63, 3.8) is 0 Å². The predicted octanol–water partition coefficient (Wildman–Crippen LogP) is 0.329. The number of esters is 1. The van der Waals surface area contributed by atoms with Gasteiger partial charge in [0.05, 0.1) is 7.11 Å². The van der Waals surface area contributed by atoms with Gasteiger partial charge in [0, 0.05) is 37.2 Å². The lowest BCUT2D eigenvalue weighted by Crippen LogP contribution is -2.61. The van der Waals surface area contributed by atoms with Gasteiger partial charge in [-0.15, -0.1) is 0 Å². The zero-order valence-corrected chi connectivity index (χ0v) is 10.8. The summed E-state index contributed by atoms with van der Waals surface area (Å²) in [4.78, 5) is 14.4. The molecule has 0 radical (unpaired) electrons. The van der Waals surface area contributed by atoms with Gasteiger partial charge in [-0.3, -0.25) is 9.69 Å². The van der Waals surface area contributed by atoms with Crippen LogP contribution >= 0.6 is 11.8 Å². The van der Waals surface area contributed by atoms with Crippen LogP contribution in [-0.4, -0.2) is 60.7 Å². The highest BCUT2D eigenvalue weighted by molar-refractivity contribution is 8.00. The molecule has 0 aliphatic carbocycles. The number of piperazine rings is 1. The van der Waals surface area contributed by atoms with E-state index in [4.69, 9.17) is 4.74 Å². The fourth-order valence-corrected chi connectivity index (χ4v) is 4.02. The van der Waals surface area contributed by atoms with E-state index < -0.39 is 0 Å². The highest BCUT2D eigenvalue weighted by atomic mass is 32.2. The summed E-state index contributed by atoms with van der Waals surface area (Å²) in [6.45, 7) is 6.03. The SMILES string of the molecule is COC(=O)C1(N2CCNCC2)CSC(C)C1. The number of carbonyl (C=O) groups excluding carboxylic acids is 1. The van der Waals surface area contributed by atoms with Gasteiger partial charge < -0.3 is 10.1 Å². The summed E-state index contributed by atoms with van der Waals surface area (Å²) < 4.78 is 5.02. The summed E-state index contributed by atoms with van der Waals surface area (Å²) in [5.74, 6) is 0.826. The lowest BCUT2D eigenvalue weighted by Gasteiger charge is -2.40. The van der Waals surface area contributed by atoms with E-state index in [2.05, 4.69) is 17.1 Å². The van der Waals surface area contributed by atoms with Crippen LogP contribution in [0.25, 0.3) is 0 Å². The van der Waals surface area contributed by atoms with Gasteiger partial charge in [-0.25, -0.2) is 0 Å². The predicted molar refractivity (Wildman–Crippen MR) is 65.7 cm³/mol. The van der Waals surface area contributed by atoms with E-state index in [-0.39, 0.29) is 11.5 Å². The molecule has 0 aromatic heterocycles. The largest absolute Gasteiger partial charge is 0.468 e. The molecule has 0 aromatic rings. The average molecular weight is 244 g/mol. The van der Waals surface area contributed by atoms with Crippen LogP contribution in [0.4, 0.5) is 0 Å². The average Bonchev–Trinajstić information content (AvgIpc) is 2.73. The Kier molecular flexibility index (Phi) is 3.77. The van der Waals surface area contributed by atoms with Crippen LogP contribution in [0.1, 0.15) is 13.3 Å². The molecule has 2 aliphatic rings. The van der Waals surface area contributed by atoms with E-state index in [1.165, 1.54) is 7.11 Å². The number of nitrogens with zero attached hydrogens (tertiary/aromatic N) is 1. The van der Waals surface area contributed by atoms with Crippen molar-refractivity contribution in [2.45, 2.75) is 24.1 Å². The Hall–Kier alpha value is -0.260.